The second-order valence-corrected chi connectivity index (χ2v) is 5.58. The molecule has 0 amide bonds. The van der Waals surface area contributed by atoms with E-state index in [4.69, 9.17) is 0 Å². The molecule has 4 heteroatoms. The summed E-state index contributed by atoms with van der Waals surface area (Å²) in [5.41, 5.74) is 1.52. The lowest BCUT2D eigenvalue weighted by molar-refractivity contribution is 1.46. The van der Waals surface area contributed by atoms with Gasteiger partial charge in [-0.15, -0.1) is 36.6 Å². The first-order valence-corrected chi connectivity index (χ1v) is 6.01. The van der Waals surface area contributed by atoms with Crippen molar-refractivity contribution in [2.24, 2.45) is 0 Å². The van der Waals surface area contributed by atoms with Crippen LogP contribution in [0.25, 0.3) is 11.1 Å². The zero-order valence-corrected chi connectivity index (χ0v) is 10.3. The van der Waals surface area contributed by atoms with Gasteiger partial charge >= 0.3 is 0 Å². The molecular weight excluding hydrogens is 244 g/mol. The van der Waals surface area contributed by atoms with E-state index in [1.807, 2.05) is 30.3 Å². The Labute approximate surface area is 103 Å². The highest BCUT2D eigenvalue weighted by Crippen LogP contribution is 2.29. The van der Waals surface area contributed by atoms with E-state index in [9.17, 15) is 4.79 Å². The molecule has 76 valence electrons. The molecule has 0 aliphatic heterocycles. The molecule has 0 unspecified atom stereocenters. The fourth-order valence-corrected chi connectivity index (χ4v) is 3.17. The van der Waals surface area contributed by atoms with Gasteiger partial charge in [0.2, 0.25) is 0 Å². The predicted octanol–water partition coefficient (Wildman–Crippen LogP) is 3.35. The Kier molecular flexibility index (Phi) is 3.19. The second kappa shape index (κ2) is 4.43. The minimum atomic E-state index is -0.0325. The summed E-state index contributed by atoms with van der Waals surface area (Å²) in [5.74, 6) is 0. The van der Waals surface area contributed by atoms with Crippen molar-refractivity contribution >= 4 is 36.6 Å². The number of rotatable bonds is 1. The number of hydrogen-bond acceptors (Lipinski definition) is 4. The molecule has 1 heterocycles. The highest BCUT2D eigenvalue weighted by Gasteiger charge is 2.08. The normalized spacial score (nSPS) is 10.3. The molecule has 1 aromatic heterocycles. The van der Waals surface area contributed by atoms with E-state index in [1.54, 1.807) is 0 Å². The minimum Gasteiger partial charge on any atom is -0.289 e. The van der Waals surface area contributed by atoms with Crippen LogP contribution in [0.3, 0.4) is 0 Å². The zero-order valence-electron chi connectivity index (χ0n) is 7.68. The van der Waals surface area contributed by atoms with Crippen LogP contribution in [0.2, 0.25) is 0 Å². The quantitative estimate of drug-likeness (QED) is 0.744. The molecule has 0 atom stereocenters. The molecule has 0 bridgehead atoms. The number of thiol groups is 2. The molecule has 0 fully saturated rings. The molecule has 0 saturated heterocycles. The lowest BCUT2D eigenvalue weighted by atomic mass is 10.1. The number of hydrogen-bond donors (Lipinski definition) is 2. The van der Waals surface area contributed by atoms with Crippen molar-refractivity contribution in [2.75, 3.05) is 0 Å². The van der Waals surface area contributed by atoms with Crippen LogP contribution < -0.4 is 5.43 Å². The van der Waals surface area contributed by atoms with E-state index in [-0.39, 0.29) is 5.43 Å². The van der Waals surface area contributed by atoms with Crippen LogP contribution in [0.15, 0.2) is 49.6 Å². The van der Waals surface area contributed by atoms with Gasteiger partial charge in [0, 0.05) is 6.07 Å². The largest absolute Gasteiger partial charge is 0.289 e. The van der Waals surface area contributed by atoms with E-state index < -0.39 is 0 Å². The van der Waals surface area contributed by atoms with Gasteiger partial charge in [0.1, 0.15) is 0 Å². The summed E-state index contributed by atoms with van der Waals surface area (Å²) in [6.45, 7) is 0. The molecule has 0 radical (unpaired) electrons. The summed E-state index contributed by atoms with van der Waals surface area (Å²) in [7, 11) is 0. The summed E-state index contributed by atoms with van der Waals surface area (Å²) in [6.07, 6.45) is 0. The van der Waals surface area contributed by atoms with E-state index >= 15 is 0 Å². The first kappa shape index (κ1) is 10.8. The van der Waals surface area contributed by atoms with Crippen molar-refractivity contribution in [3.63, 3.8) is 0 Å². The fraction of sp³-hybridized carbons (Fsp3) is 0. The van der Waals surface area contributed by atoms with Crippen LogP contribution in [-0.2, 0) is 0 Å². The molecule has 15 heavy (non-hydrogen) atoms. The van der Waals surface area contributed by atoms with Gasteiger partial charge in [-0.3, -0.25) is 4.79 Å². The highest BCUT2D eigenvalue weighted by atomic mass is 32.2. The Balaban J connectivity index is 2.69. The highest BCUT2D eigenvalue weighted by molar-refractivity contribution is 7.85. The van der Waals surface area contributed by atoms with Crippen LogP contribution in [0.5, 0.6) is 0 Å². The third-order valence-corrected chi connectivity index (χ3v) is 3.60. The monoisotopic (exact) mass is 252 g/mol. The van der Waals surface area contributed by atoms with Gasteiger partial charge in [0.05, 0.1) is 14.0 Å². The van der Waals surface area contributed by atoms with Crippen molar-refractivity contribution in [3.05, 3.63) is 46.6 Å². The molecule has 0 aliphatic rings. The first-order valence-electron chi connectivity index (χ1n) is 4.30. The van der Waals surface area contributed by atoms with Crippen LogP contribution in [0.4, 0.5) is 0 Å². The van der Waals surface area contributed by atoms with Crippen molar-refractivity contribution in [1.82, 2.24) is 0 Å². The standard InChI is InChI=1S/C11H8OS3/c12-8-6-9(13)15-11(14)10(8)7-4-2-1-3-5-7/h1-6,13-14H. The summed E-state index contributed by atoms with van der Waals surface area (Å²) in [4.78, 5) is 11.8. The van der Waals surface area contributed by atoms with Crippen molar-refractivity contribution < 1.29 is 0 Å². The summed E-state index contributed by atoms with van der Waals surface area (Å²) >= 11 is 9.87. The van der Waals surface area contributed by atoms with Gasteiger partial charge in [-0.2, -0.15) is 0 Å². The molecular formula is C11H8OS3. The third kappa shape index (κ3) is 2.27. The van der Waals surface area contributed by atoms with Gasteiger partial charge in [0.25, 0.3) is 0 Å². The Morgan fingerprint density at radius 1 is 1.07 bits per heavy atom. The predicted molar refractivity (Wildman–Crippen MR) is 70.5 cm³/mol. The topological polar surface area (TPSA) is 17.1 Å². The Morgan fingerprint density at radius 3 is 2.33 bits per heavy atom. The Morgan fingerprint density at radius 2 is 1.73 bits per heavy atom. The summed E-state index contributed by atoms with van der Waals surface area (Å²) in [5, 5.41) is 0. The van der Waals surface area contributed by atoms with E-state index in [1.165, 1.54) is 17.4 Å². The maximum atomic E-state index is 11.8. The van der Waals surface area contributed by atoms with E-state index in [0.29, 0.717) is 14.0 Å². The third-order valence-electron chi connectivity index (χ3n) is 1.98. The number of benzene rings is 1. The SMILES string of the molecule is O=c1cc(S)sc(S)c1-c1ccccc1. The average Bonchev–Trinajstić information content (AvgIpc) is 2.17. The molecule has 0 aliphatic carbocycles. The Hall–Kier alpha value is -0.710. The van der Waals surface area contributed by atoms with Gasteiger partial charge in [-0.05, 0) is 5.56 Å². The minimum absolute atomic E-state index is 0.0325. The van der Waals surface area contributed by atoms with E-state index in [2.05, 4.69) is 25.3 Å². The fourth-order valence-electron chi connectivity index (χ4n) is 1.34. The first-order chi connectivity index (χ1) is 7.18. The maximum absolute atomic E-state index is 11.8. The molecule has 2 aromatic rings. The van der Waals surface area contributed by atoms with Crippen LogP contribution in [0, 0.1) is 0 Å². The molecule has 1 aromatic carbocycles. The van der Waals surface area contributed by atoms with Crippen molar-refractivity contribution in [2.45, 2.75) is 8.42 Å². The molecule has 0 saturated carbocycles. The van der Waals surface area contributed by atoms with E-state index in [0.717, 1.165) is 5.56 Å². The smallest absolute Gasteiger partial charge is 0.190 e. The molecule has 0 spiro atoms. The van der Waals surface area contributed by atoms with Crippen molar-refractivity contribution in [1.29, 1.82) is 0 Å². The Bertz CT molecular complexity index is 531. The molecule has 1 nitrogen and oxygen atoms in total. The average molecular weight is 252 g/mol. The van der Waals surface area contributed by atoms with Gasteiger partial charge < -0.3 is 0 Å². The van der Waals surface area contributed by atoms with Crippen molar-refractivity contribution in [3.8, 4) is 11.1 Å². The van der Waals surface area contributed by atoms with Gasteiger partial charge in [-0.25, -0.2) is 0 Å². The summed E-state index contributed by atoms with van der Waals surface area (Å²) in [6, 6.07) is 11.1. The zero-order chi connectivity index (χ0) is 10.8. The summed E-state index contributed by atoms with van der Waals surface area (Å²) < 4.78 is 1.39. The maximum Gasteiger partial charge on any atom is 0.190 e. The second-order valence-electron chi connectivity index (χ2n) is 3.00. The molecule has 0 N–H and O–H groups in total. The molecule has 2 rings (SSSR count). The van der Waals surface area contributed by atoms with Crippen LogP contribution in [0.1, 0.15) is 0 Å². The van der Waals surface area contributed by atoms with Crippen LogP contribution >= 0.6 is 36.6 Å². The lowest BCUT2D eigenvalue weighted by Crippen LogP contribution is -2.02. The van der Waals surface area contributed by atoms with Gasteiger partial charge in [-0.1, -0.05) is 30.3 Å². The van der Waals surface area contributed by atoms with Gasteiger partial charge in [0.15, 0.2) is 5.43 Å². The van der Waals surface area contributed by atoms with Crippen LogP contribution in [-0.4, -0.2) is 0 Å². The lowest BCUT2D eigenvalue weighted by Gasteiger charge is -2.03.